The molecule has 120 valence electrons. The summed E-state index contributed by atoms with van der Waals surface area (Å²) >= 11 is 0. The van der Waals surface area contributed by atoms with Gasteiger partial charge in [-0.3, -0.25) is 0 Å². The van der Waals surface area contributed by atoms with Crippen LogP contribution in [0.1, 0.15) is 38.2 Å². The Morgan fingerprint density at radius 3 is 2.50 bits per heavy atom. The second-order valence-corrected chi connectivity index (χ2v) is 11.6. The number of furan rings is 1. The van der Waals surface area contributed by atoms with E-state index in [4.69, 9.17) is 13.6 Å². The van der Waals surface area contributed by atoms with Crippen molar-refractivity contribution in [2.75, 3.05) is 6.61 Å². The molecule has 5 heteroatoms. The molecule has 0 N–H and O–H groups in total. The molecule has 4 nitrogen and oxygen atoms in total. The second kappa shape index (κ2) is 5.80. The molecular weight excluding hydrogens is 296 g/mol. The number of rotatable bonds is 4. The van der Waals surface area contributed by atoms with Crippen molar-refractivity contribution in [1.29, 1.82) is 0 Å². The minimum Gasteiger partial charge on any atom is -0.543 e. The van der Waals surface area contributed by atoms with E-state index in [9.17, 15) is 4.79 Å². The summed E-state index contributed by atoms with van der Waals surface area (Å²) in [6.45, 7) is 13.1. The highest BCUT2D eigenvalue weighted by molar-refractivity contribution is 6.74. The largest absolute Gasteiger partial charge is 0.543 e. The first-order chi connectivity index (χ1) is 10.1. The Morgan fingerprint density at radius 2 is 1.91 bits per heavy atom. The molecule has 2 aromatic rings. The fraction of sp³-hybridized carbons (Fsp3) is 0.471. The molecule has 0 atom stereocenters. The Hall–Kier alpha value is -1.75. The molecule has 0 aliphatic heterocycles. The van der Waals surface area contributed by atoms with E-state index in [2.05, 4.69) is 33.9 Å². The molecule has 0 saturated carbocycles. The SMILES string of the molecule is CCOC(=O)c1cc2cc(O[Si](C)(C)C(C)(C)C)ccc2o1. The minimum absolute atomic E-state index is 0.133. The molecule has 0 unspecified atom stereocenters. The highest BCUT2D eigenvalue weighted by atomic mass is 28.4. The van der Waals surface area contributed by atoms with Gasteiger partial charge in [0, 0.05) is 5.39 Å². The van der Waals surface area contributed by atoms with E-state index in [1.54, 1.807) is 13.0 Å². The maximum atomic E-state index is 11.7. The highest BCUT2D eigenvalue weighted by Gasteiger charge is 2.39. The van der Waals surface area contributed by atoms with Gasteiger partial charge in [-0.2, -0.15) is 0 Å². The quantitative estimate of drug-likeness (QED) is 0.588. The van der Waals surface area contributed by atoms with E-state index < -0.39 is 14.3 Å². The van der Waals surface area contributed by atoms with Gasteiger partial charge in [-0.05, 0) is 49.3 Å². The average molecular weight is 320 g/mol. The molecule has 22 heavy (non-hydrogen) atoms. The molecular formula is C17H24O4Si. The summed E-state index contributed by atoms with van der Waals surface area (Å²) in [4.78, 5) is 11.7. The van der Waals surface area contributed by atoms with E-state index in [1.165, 1.54) is 0 Å². The van der Waals surface area contributed by atoms with Crippen molar-refractivity contribution in [2.24, 2.45) is 0 Å². The third kappa shape index (κ3) is 3.35. The van der Waals surface area contributed by atoms with E-state index in [0.29, 0.717) is 12.2 Å². The van der Waals surface area contributed by atoms with Crippen LogP contribution in [0.25, 0.3) is 11.0 Å². The van der Waals surface area contributed by atoms with Crippen molar-refractivity contribution < 1.29 is 18.4 Å². The third-order valence-corrected chi connectivity index (χ3v) is 8.50. The Morgan fingerprint density at radius 1 is 1.23 bits per heavy atom. The van der Waals surface area contributed by atoms with Gasteiger partial charge >= 0.3 is 5.97 Å². The molecule has 2 rings (SSSR count). The number of benzene rings is 1. The van der Waals surface area contributed by atoms with Crippen LogP contribution in [0.4, 0.5) is 0 Å². The summed E-state index contributed by atoms with van der Waals surface area (Å²) in [5.41, 5.74) is 0.658. The van der Waals surface area contributed by atoms with Crippen molar-refractivity contribution in [2.45, 2.75) is 45.8 Å². The van der Waals surface area contributed by atoms with Gasteiger partial charge in [-0.15, -0.1) is 0 Å². The Balaban J connectivity index is 2.29. The van der Waals surface area contributed by atoms with Gasteiger partial charge in [0.15, 0.2) is 0 Å². The second-order valence-electron chi connectivity index (χ2n) is 6.89. The zero-order chi connectivity index (χ0) is 16.5. The van der Waals surface area contributed by atoms with Crippen molar-refractivity contribution in [3.8, 4) is 5.75 Å². The number of carbonyl (C=O) groups is 1. The fourth-order valence-corrected chi connectivity index (χ4v) is 2.86. The fourth-order valence-electron chi connectivity index (χ4n) is 1.84. The Kier molecular flexibility index (Phi) is 4.38. The predicted molar refractivity (Wildman–Crippen MR) is 90.0 cm³/mol. The van der Waals surface area contributed by atoms with E-state index >= 15 is 0 Å². The molecule has 0 radical (unpaired) electrons. The zero-order valence-electron chi connectivity index (χ0n) is 14.1. The first-order valence-electron chi connectivity index (χ1n) is 7.54. The molecule has 1 heterocycles. The highest BCUT2D eigenvalue weighted by Crippen LogP contribution is 2.38. The van der Waals surface area contributed by atoms with E-state index in [0.717, 1.165) is 11.1 Å². The van der Waals surface area contributed by atoms with Gasteiger partial charge in [0.1, 0.15) is 11.3 Å². The van der Waals surface area contributed by atoms with Crippen LogP contribution >= 0.6 is 0 Å². The van der Waals surface area contributed by atoms with Gasteiger partial charge in [0.05, 0.1) is 6.61 Å². The lowest BCUT2D eigenvalue weighted by molar-refractivity contribution is 0.0492. The third-order valence-electron chi connectivity index (χ3n) is 4.14. The molecule has 0 spiro atoms. The van der Waals surface area contributed by atoms with Crippen LogP contribution in [0, 0.1) is 0 Å². The van der Waals surface area contributed by atoms with Crippen LogP contribution < -0.4 is 4.43 Å². The molecule has 0 aliphatic carbocycles. The van der Waals surface area contributed by atoms with Crippen LogP contribution in [-0.2, 0) is 4.74 Å². The van der Waals surface area contributed by atoms with Crippen molar-refractivity contribution in [3.05, 3.63) is 30.0 Å². The number of ether oxygens (including phenoxy) is 1. The number of carbonyl (C=O) groups excluding carboxylic acids is 1. The van der Waals surface area contributed by atoms with Crippen molar-refractivity contribution >= 4 is 25.3 Å². The predicted octanol–water partition coefficient (Wildman–Crippen LogP) is 4.99. The molecule has 1 aromatic heterocycles. The lowest BCUT2D eigenvalue weighted by Gasteiger charge is -2.36. The van der Waals surface area contributed by atoms with Crippen LogP contribution in [0.15, 0.2) is 28.7 Å². The topological polar surface area (TPSA) is 48.7 Å². The average Bonchev–Trinajstić information content (AvgIpc) is 2.80. The van der Waals surface area contributed by atoms with Crippen molar-refractivity contribution in [3.63, 3.8) is 0 Å². The molecule has 0 aliphatic rings. The smallest absolute Gasteiger partial charge is 0.374 e. The monoisotopic (exact) mass is 320 g/mol. The van der Waals surface area contributed by atoms with Gasteiger partial charge in [0.2, 0.25) is 14.1 Å². The van der Waals surface area contributed by atoms with Crippen LogP contribution in [0.5, 0.6) is 5.75 Å². The normalized spacial score (nSPS) is 12.5. The summed E-state index contributed by atoms with van der Waals surface area (Å²) in [6, 6.07) is 7.34. The number of esters is 1. The van der Waals surface area contributed by atoms with Crippen molar-refractivity contribution in [1.82, 2.24) is 0 Å². The van der Waals surface area contributed by atoms with E-state index in [-0.39, 0.29) is 10.8 Å². The van der Waals surface area contributed by atoms with Gasteiger partial charge in [0.25, 0.3) is 0 Å². The number of hydrogen-bond acceptors (Lipinski definition) is 4. The first-order valence-corrected chi connectivity index (χ1v) is 10.4. The lowest BCUT2D eigenvalue weighted by atomic mass is 10.2. The molecule has 0 amide bonds. The summed E-state index contributed by atoms with van der Waals surface area (Å²) in [5, 5.41) is 0.980. The number of fused-ring (bicyclic) bond motifs is 1. The molecule has 0 fully saturated rings. The Bertz CT molecular complexity index is 680. The maximum absolute atomic E-state index is 11.7. The van der Waals surface area contributed by atoms with E-state index in [1.807, 2.05) is 18.2 Å². The molecule has 0 bridgehead atoms. The lowest BCUT2D eigenvalue weighted by Crippen LogP contribution is -2.43. The van der Waals surface area contributed by atoms with Gasteiger partial charge in [-0.1, -0.05) is 20.8 Å². The first kappa shape index (κ1) is 16.6. The standard InChI is InChI=1S/C17H24O4Si/c1-7-19-16(18)15-11-12-10-13(8-9-14(12)20-15)21-22(5,6)17(2,3)4/h8-11H,7H2,1-6H3. The summed E-state index contributed by atoms with van der Waals surface area (Å²) in [7, 11) is -1.88. The van der Waals surface area contributed by atoms with Crippen LogP contribution in [0.3, 0.4) is 0 Å². The summed E-state index contributed by atoms with van der Waals surface area (Å²) in [6.07, 6.45) is 0. The van der Waals surface area contributed by atoms with Gasteiger partial charge < -0.3 is 13.6 Å². The maximum Gasteiger partial charge on any atom is 0.374 e. The minimum atomic E-state index is -1.88. The summed E-state index contributed by atoms with van der Waals surface area (Å²) < 4.78 is 16.7. The summed E-state index contributed by atoms with van der Waals surface area (Å²) in [5.74, 6) is 0.599. The molecule has 1 aromatic carbocycles. The Labute approximate surface area is 132 Å². The number of hydrogen-bond donors (Lipinski definition) is 0. The van der Waals surface area contributed by atoms with Crippen LogP contribution in [0.2, 0.25) is 18.1 Å². The van der Waals surface area contributed by atoms with Gasteiger partial charge in [-0.25, -0.2) is 4.79 Å². The molecule has 0 saturated heterocycles. The zero-order valence-corrected chi connectivity index (χ0v) is 15.1. The van der Waals surface area contributed by atoms with Crippen LogP contribution in [-0.4, -0.2) is 20.9 Å².